The van der Waals surface area contributed by atoms with Crippen LogP contribution in [0.3, 0.4) is 0 Å². The Morgan fingerprint density at radius 3 is 2.67 bits per heavy atom. The van der Waals surface area contributed by atoms with Crippen LogP contribution >= 0.6 is 0 Å². The lowest BCUT2D eigenvalue weighted by atomic mass is 10.3. The molecule has 0 saturated heterocycles. The number of nitrogens with two attached hydrogens (primary N) is 1. The Morgan fingerprint density at radius 2 is 2.00 bits per heavy atom. The zero-order chi connectivity index (χ0) is 11.1. The monoisotopic (exact) mass is 208 g/mol. The molecule has 5 nitrogen and oxygen atoms in total. The van der Waals surface area contributed by atoms with Gasteiger partial charge in [-0.1, -0.05) is 0 Å². The van der Waals surface area contributed by atoms with Gasteiger partial charge < -0.3 is 20.5 Å². The van der Waals surface area contributed by atoms with Crippen molar-refractivity contribution in [2.75, 3.05) is 5.32 Å². The van der Waals surface area contributed by atoms with Gasteiger partial charge in [-0.05, 0) is 12.1 Å². The molecule has 0 unspecified atom stereocenters. The summed E-state index contributed by atoms with van der Waals surface area (Å²) in [7, 11) is 0. The van der Waals surface area contributed by atoms with Gasteiger partial charge in [-0.3, -0.25) is 0 Å². The zero-order valence-electron chi connectivity index (χ0n) is 8.53. The molecule has 80 valence electrons. The first-order valence-electron chi connectivity index (χ1n) is 4.55. The molecule has 1 aliphatic rings. The normalized spacial score (nSPS) is 16.1. The number of carbonyl (C=O) groups is 1. The largest absolute Gasteiger partial charge is 0.449 e. The quantitative estimate of drug-likeness (QED) is 0.737. The van der Waals surface area contributed by atoms with Crippen molar-refractivity contribution in [3.05, 3.63) is 18.2 Å². The molecule has 1 aliphatic heterocycles. The summed E-state index contributed by atoms with van der Waals surface area (Å²) >= 11 is 0. The predicted octanol–water partition coefficient (Wildman–Crippen LogP) is 1.68. The van der Waals surface area contributed by atoms with E-state index in [1.165, 1.54) is 0 Å². The van der Waals surface area contributed by atoms with Crippen molar-refractivity contribution < 1.29 is 14.3 Å². The molecule has 0 aliphatic carbocycles. The maximum Gasteiger partial charge on any atom is 0.316 e. The lowest BCUT2D eigenvalue weighted by molar-refractivity contribution is -0.0431. The summed E-state index contributed by atoms with van der Waals surface area (Å²) in [5.74, 6) is 0.606. The Hall–Kier alpha value is -1.91. The van der Waals surface area contributed by atoms with E-state index in [1.54, 1.807) is 18.2 Å². The number of benzene rings is 1. The number of rotatable bonds is 1. The number of hydrogen-bond donors (Lipinski definition) is 2. The van der Waals surface area contributed by atoms with Gasteiger partial charge in [-0.25, -0.2) is 4.79 Å². The lowest BCUT2D eigenvalue weighted by Crippen LogP contribution is -2.29. The number of urea groups is 1. The van der Waals surface area contributed by atoms with E-state index in [9.17, 15) is 4.79 Å². The molecule has 0 bridgehead atoms. The van der Waals surface area contributed by atoms with Crippen molar-refractivity contribution in [2.45, 2.75) is 19.6 Å². The maximum absolute atomic E-state index is 10.6. The summed E-state index contributed by atoms with van der Waals surface area (Å²) in [4.78, 5) is 10.6. The molecule has 0 saturated carbocycles. The van der Waals surface area contributed by atoms with Crippen molar-refractivity contribution in [1.82, 2.24) is 0 Å². The second kappa shape index (κ2) is 3.05. The number of carbonyl (C=O) groups excluding carboxylic acids is 1. The van der Waals surface area contributed by atoms with Crippen LogP contribution in [0.5, 0.6) is 11.5 Å². The number of anilines is 1. The Labute approximate surface area is 87.2 Å². The minimum absolute atomic E-state index is 0.586. The topological polar surface area (TPSA) is 73.6 Å². The predicted molar refractivity (Wildman–Crippen MR) is 55.0 cm³/mol. The zero-order valence-corrected chi connectivity index (χ0v) is 8.53. The number of fused-ring (bicyclic) bond motifs is 1. The van der Waals surface area contributed by atoms with Crippen LogP contribution in [0.1, 0.15) is 13.8 Å². The highest BCUT2D eigenvalue weighted by molar-refractivity contribution is 5.88. The van der Waals surface area contributed by atoms with Crippen LogP contribution in [-0.2, 0) is 0 Å². The molecular weight excluding hydrogens is 196 g/mol. The molecule has 1 heterocycles. The molecule has 5 heteroatoms. The standard InChI is InChI=1S/C10H12N2O3/c1-10(2)14-7-4-3-6(12-9(11)13)5-8(7)15-10/h3-5H,1-2H3,(H3,11,12,13). The van der Waals surface area contributed by atoms with Gasteiger partial charge in [0.15, 0.2) is 11.5 Å². The van der Waals surface area contributed by atoms with Crippen LogP contribution in [0.25, 0.3) is 0 Å². The van der Waals surface area contributed by atoms with Gasteiger partial charge in [0, 0.05) is 25.6 Å². The van der Waals surface area contributed by atoms with Gasteiger partial charge >= 0.3 is 6.03 Å². The Balaban J connectivity index is 2.26. The number of nitrogens with one attached hydrogen (secondary N) is 1. The van der Waals surface area contributed by atoms with Crippen molar-refractivity contribution in [3.63, 3.8) is 0 Å². The van der Waals surface area contributed by atoms with E-state index in [0.29, 0.717) is 17.2 Å². The molecule has 0 radical (unpaired) electrons. The summed E-state index contributed by atoms with van der Waals surface area (Å²) in [5, 5.41) is 2.47. The SMILES string of the molecule is CC1(C)Oc2ccc(NC(N)=O)cc2O1. The van der Waals surface area contributed by atoms with Crippen LogP contribution < -0.4 is 20.5 Å². The molecule has 2 rings (SSSR count). The number of primary amides is 1. The molecule has 0 spiro atoms. The second-order valence-electron chi connectivity index (χ2n) is 3.75. The van der Waals surface area contributed by atoms with Crippen LogP contribution in [-0.4, -0.2) is 11.8 Å². The fraction of sp³-hybridized carbons (Fsp3) is 0.300. The minimum atomic E-state index is -0.659. The van der Waals surface area contributed by atoms with Crippen LogP contribution in [0.4, 0.5) is 10.5 Å². The second-order valence-corrected chi connectivity index (χ2v) is 3.75. The number of amides is 2. The van der Waals surface area contributed by atoms with Crippen LogP contribution in [0, 0.1) is 0 Å². The van der Waals surface area contributed by atoms with E-state index in [4.69, 9.17) is 15.2 Å². The van der Waals surface area contributed by atoms with Crippen molar-refractivity contribution >= 4 is 11.7 Å². The third kappa shape index (κ3) is 1.96. The Kier molecular flexibility index (Phi) is 1.96. The van der Waals surface area contributed by atoms with Gasteiger partial charge in [-0.2, -0.15) is 0 Å². The Morgan fingerprint density at radius 1 is 1.33 bits per heavy atom. The van der Waals surface area contributed by atoms with E-state index >= 15 is 0 Å². The average Bonchev–Trinajstić information content (AvgIpc) is 2.36. The highest BCUT2D eigenvalue weighted by Crippen LogP contribution is 2.40. The maximum atomic E-state index is 10.6. The lowest BCUT2D eigenvalue weighted by Gasteiger charge is -2.16. The first kappa shape index (κ1) is 9.64. The van der Waals surface area contributed by atoms with Gasteiger partial charge in [0.05, 0.1) is 0 Å². The highest BCUT2D eigenvalue weighted by atomic mass is 16.7. The molecule has 0 fully saturated rings. The smallest absolute Gasteiger partial charge is 0.316 e. The Bertz CT molecular complexity index is 415. The fourth-order valence-corrected chi connectivity index (χ4v) is 1.44. The molecule has 0 atom stereocenters. The first-order valence-corrected chi connectivity index (χ1v) is 4.55. The summed E-state index contributed by atoms with van der Waals surface area (Å²) in [6, 6.07) is 4.51. The number of hydrogen-bond acceptors (Lipinski definition) is 3. The van der Waals surface area contributed by atoms with Crippen molar-refractivity contribution in [1.29, 1.82) is 0 Å². The molecule has 2 amide bonds. The van der Waals surface area contributed by atoms with Crippen LogP contribution in [0.15, 0.2) is 18.2 Å². The van der Waals surface area contributed by atoms with E-state index in [2.05, 4.69) is 5.32 Å². The highest BCUT2D eigenvalue weighted by Gasteiger charge is 2.31. The molecule has 1 aromatic rings. The molecule has 3 N–H and O–H groups in total. The number of ether oxygens (including phenoxy) is 2. The van der Waals surface area contributed by atoms with Crippen molar-refractivity contribution in [3.8, 4) is 11.5 Å². The third-order valence-electron chi connectivity index (χ3n) is 1.92. The summed E-state index contributed by atoms with van der Waals surface area (Å²) in [6.07, 6.45) is 0. The fourth-order valence-electron chi connectivity index (χ4n) is 1.44. The van der Waals surface area contributed by atoms with E-state index < -0.39 is 11.8 Å². The molecule has 1 aromatic carbocycles. The summed E-state index contributed by atoms with van der Waals surface area (Å²) in [5.41, 5.74) is 5.59. The van der Waals surface area contributed by atoms with Gasteiger partial charge in [0.2, 0.25) is 5.79 Å². The average molecular weight is 208 g/mol. The van der Waals surface area contributed by atoms with Gasteiger partial charge in [0.25, 0.3) is 0 Å². The minimum Gasteiger partial charge on any atom is -0.449 e. The van der Waals surface area contributed by atoms with Gasteiger partial charge in [-0.15, -0.1) is 0 Å². The first-order chi connectivity index (χ1) is 6.96. The van der Waals surface area contributed by atoms with E-state index in [1.807, 2.05) is 13.8 Å². The third-order valence-corrected chi connectivity index (χ3v) is 1.92. The van der Waals surface area contributed by atoms with Crippen LogP contribution in [0.2, 0.25) is 0 Å². The molecule has 15 heavy (non-hydrogen) atoms. The summed E-state index contributed by atoms with van der Waals surface area (Å²) < 4.78 is 11.0. The molecule has 0 aromatic heterocycles. The van der Waals surface area contributed by atoms with Crippen molar-refractivity contribution in [2.24, 2.45) is 5.73 Å². The van der Waals surface area contributed by atoms with E-state index in [-0.39, 0.29) is 0 Å². The summed E-state index contributed by atoms with van der Waals surface area (Å²) in [6.45, 7) is 3.63. The molecular formula is C10H12N2O3. The van der Waals surface area contributed by atoms with Gasteiger partial charge in [0.1, 0.15) is 0 Å². The van der Waals surface area contributed by atoms with E-state index in [0.717, 1.165) is 0 Å².